The maximum atomic E-state index is 12.7. The Morgan fingerprint density at radius 3 is 2.66 bits per heavy atom. The van der Waals surface area contributed by atoms with Gasteiger partial charge in [0.1, 0.15) is 17.3 Å². The Bertz CT molecular complexity index is 1180. The summed E-state index contributed by atoms with van der Waals surface area (Å²) < 4.78 is 17.6. The Morgan fingerprint density at radius 1 is 1.26 bits per heavy atom. The molecule has 3 aliphatic rings. The largest absolute Gasteiger partial charge is 0.447 e. The van der Waals surface area contributed by atoms with Crippen LogP contribution in [0.25, 0.3) is 5.57 Å². The SMILES string of the molecule is CC(C)(COC(N)=O)Nc1nc(N2CC=C(c3ncc(C4CCC4)cn3)CC2)nc2c1S(=O)CC2. The molecule has 10 nitrogen and oxygen atoms in total. The van der Waals surface area contributed by atoms with Gasteiger partial charge >= 0.3 is 6.09 Å². The zero-order chi connectivity index (χ0) is 24.6. The molecule has 1 saturated carbocycles. The normalized spacial score (nSPS) is 20.1. The minimum Gasteiger partial charge on any atom is -0.447 e. The van der Waals surface area contributed by atoms with Crippen LogP contribution in [0.1, 0.15) is 62.5 Å². The molecule has 2 aromatic heterocycles. The number of fused-ring (bicyclic) bond motifs is 1. The van der Waals surface area contributed by atoms with Crippen molar-refractivity contribution in [3.05, 3.63) is 35.6 Å². The first kappa shape index (κ1) is 23.7. The quantitative estimate of drug-likeness (QED) is 0.591. The van der Waals surface area contributed by atoms with Crippen LogP contribution in [0.5, 0.6) is 0 Å². The maximum absolute atomic E-state index is 12.7. The fourth-order valence-electron chi connectivity index (χ4n) is 4.53. The number of nitrogens with zero attached hydrogens (tertiary/aromatic N) is 5. The molecule has 3 N–H and O–H groups in total. The Balaban J connectivity index is 1.34. The van der Waals surface area contributed by atoms with Crippen LogP contribution in [0.2, 0.25) is 0 Å². The number of aryl methyl sites for hydroxylation is 1. The topological polar surface area (TPSA) is 136 Å². The third kappa shape index (κ3) is 5.14. The molecule has 2 aliphatic heterocycles. The van der Waals surface area contributed by atoms with Crippen LogP contribution in [0.3, 0.4) is 0 Å². The van der Waals surface area contributed by atoms with E-state index >= 15 is 0 Å². The van der Waals surface area contributed by atoms with Crippen LogP contribution < -0.4 is 16.0 Å². The Hall–Kier alpha value is -3.08. The van der Waals surface area contributed by atoms with Crippen molar-refractivity contribution in [1.29, 1.82) is 0 Å². The number of carbonyl (C=O) groups excluding carboxylic acids is 1. The van der Waals surface area contributed by atoms with E-state index < -0.39 is 22.4 Å². The molecule has 1 aliphatic carbocycles. The first-order valence-electron chi connectivity index (χ1n) is 12.0. The van der Waals surface area contributed by atoms with Gasteiger partial charge in [0.2, 0.25) is 5.95 Å². The minimum atomic E-state index is -1.17. The molecule has 186 valence electrons. The summed E-state index contributed by atoms with van der Waals surface area (Å²) in [5.41, 5.74) is 7.64. The van der Waals surface area contributed by atoms with Crippen LogP contribution >= 0.6 is 0 Å². The monoisotopic (exact) mass is 497 g/mol. The van der Waals surface area contributed by atoms with Crippen molar-refractivity contribution < 1.29 is 13.7 Å². The number of hydrogen-bond acceptors (Lipinski definition) is 9. The van der Waals surface area contributed by atoms with E-state index in [0.29, 0.717) is 41.3 Å². The van der Waals surface area contributed by atoms with Gasteiger partial charge in [-0.1, -0.05) is 12.5 Å². The molecule has 0 saturated heterocycles. The second-order valence-electron chi connectivity index (χ2n) is 9.96. The van der Waals surface area contributed by atoms with Gasteiger partial charge in [0, 0.05) is 37.7 Å². The summed E-state index contributed by atoms with van der Waals surface area (Å²) in [6, 6.07) is 0. The summed E-state index contributed by atoms with van der Waals surface area (Å²) in [7, 11) is -1.17. The lowest BCUT2D eigenvalue weighted by atomic mass is 9.81. The number of nitrogens with one attached hydrogen (secondary N) is 1. The number of nitrogens with two attached hydrogens (primary N) is 1. The standard InChI is InChI=1S/C24H31N7O3S/c1-24(2,14-34-22(25)32)30-21-19-18(8-11-35(19)33)28-23(29-21)31-9-6-16(7-10-31)20-26-12-17(13-27-20)15-4-3-5-15/h6,12-13,15H,3-5,7-11,14H2,1-2H3,(H2,25,32)(H,28,29,30). The van der Waals surface area contributed by atoms with E-state index in [4.69, 9.17) is 20.4 Å². The summed E-state index contributed by atoms with van der Waals surface area (Å²) >= 11 is 0. The van der Waals surface area contributed by atoms with E-state index in [9.17, 15) is 9.00 Å². The first-order chi connectivity index (χ1) is 16.8. The molecule has 2 aromatic rings. The van der Waals surface area contributed by atoms with Crippen LogP contribution in [0.4, 0.5) is 16.6 Å². The highest BCUT2D eigenvalue weighted by Gasteiger charge is 2.31. The number of carbonyl (C=O) groups is 1. The molecule has 35 heavy (non-hydrogen) atoms. The van der Waals surface area contributed by atoms with Crippen molar-refractivity contribution in [2.24, 2.45) is 5.73 Å². The smallest absolute Gasteiger partial charge is 0.404 e. The van der Waals surface area contributed by atoms with Crippen molar-refractivity contribution in [3.63, 3.8) is 0 Å². The van der Waals surface area contributed by atoms with Gasteiger partial charge in [-0.2, -0.15) is 4.98 Å². The van der Waals surface area contributed by atoms with E-state index in [1.807, 2.05) is 26.2 Å². The summed E-state index contributed by atoms with van der Waals surface area (Å²) in [4.78, 5) is 32.6. The van der Waals surface area contributed by atoms with Crippen molar-refractivity contribution in [2.75, 3.05) is 35.7 Å². The number of ether oxygens (including phenoxy) is 1. The number of primary amides is 1. The molecule has 1 fully saturated rings. The summed E-state index contributed by atoms with van der Waals surface area (Å²) in [6.45, 7) is 5.16. The van der Waals surface area contributed by atoms with Crippen LogP contribution in [0, 0.1) is 0 Å². The minimum absolute atomic E-state index is 0.0540. The zero-order valence-electron chi connectivity index (χ0n) is 20.1. The predicted molar refractivity (Wildman–Crippen MR) is 134 cm³/mol. The highest BCUT2D eigenvalue weighted by molar-refractivity contribution is 7.85. The molecule has 1 amide bonds. The lowest BCUT2D eigenvalue weighted by Crippen LogP contribution is -2.39. The van der Waals surface area contributed by atoms with E-state index in [2.05, 4.69) is 26.3 Å². The second kappa shape index (κ2) is 9.52. The highest BCUT2D eigenvalue weighted by Crippen LogP contribution is 2.36. The van der Waals surface area contributed by atoms with E-state index in [-0.39, 0.29) is 6.61 Å². The molecular weight excluding hydrogens is 466 g/mol. The Kier molecular flexibility index (Phi) is 6.43. The predicted octanol–water partition coefficient (Wildman–Crippen LogP) is 2.78. The average molecular weight is 498 g/mol. The van der Waals surface area contributed by atoms with Gasteiger partial charge in [-0.15, -0.1) is 0 Å². The maximum Gasteiger partial charge on any atom is 0.404 e. The first-order valence-corrected chi connectivity index (χ1v) is 13.4. The Labute approximate surface area is 207 Å². The van der Waals surface area contributed by atoms with Crippen LogP contribution in [0.15, 0.2) is 23.4 Å². The van der Waals surface area contributed by atoms with Gasteiger partial charge in [0.25, 0.3) is 0 Å². The molecule has 0 spiro atoms. The Morgan fingerprint density at radius 2 is 2.03 bits per heavy atom. The van der Waals surface area contributed by atoms with Crippen molar-refractivity contribution >= 4 is 34.2 Å². The number of rotatable bonds is 7. The third-order valence-corrected chi connectivity index (χ3v) is 8.19. The van der Waals surface area contributed by atoms with Crippen molar-refractivity contribution in [3.8, 4) is 0 Å². The van der Waals surface area contributed by atoms with Crippen LogP contribution in [-0.2, 0) is 22.0 Å². The lowest BCUT2D eigenvalue weighted by molar-refractivity contribution is 0.138. The fraction of sp³-hybridized carbons (Fsp3) is 0.542. The number of anilines is 2. The molecule has 11 heteroatoms. The van der Waals surface area contributed by atoms with E-state index in [0.717, 1.165) is 30.1 Å². The molecule has 0 bridgehead atoms. The second-order valence-corrected chi connectivity index (χ2v) is 11.5. The highest BCUT2D eigenvalue weighted by atomic mass is 32.2. The van der Waals surface area contributed by atoms with Gasteiger partial charge in [0.15, 0.2) is 5.82 Å². The van der Waals surface area contributed by atoms with Gasteiger partial charge in [-0.3, -0.25) is 4.21 Å². The molecule has 0 aromatic carbocycles. The molecule has 1 atom stereocenters. The van der Waals surface area contributed by atoms with Gasteiger partial charge in [-0.05, 0) is 50.2 Å². The number of aromatic nitrogens is 4. The van der Waals surface area contributed by atoms with Crippen molar-refractivity contribution in [1.82, 2.24) is 19.9 Å². The van der Waals surface area contributed by atoms with Crippen molar-refractivity contribution in [2.45, 2.75) is 62.3 Å². The summed E-state index contributed by atoms with van der Waals surface area (Å²) in [5.74, 6) is 3.05. The molecule has 4 heterocycles. The van der Waals surface area contributed by atoms with E-state index in [1.54, 1.807) is 0 Å². The summed E-state index contributed by atoms with van der Waals surface area (Å²) in [6.07, 6.45) is 10.4. The third-order valence-electron chi connectivity index (χ3n) is 6.74. The molecule has 5 rings (SSSR count). The molecule has 1 unspecified atom stereocenters. The lowest BCUT2D eigenvalue weighted by Gasteiger charge is -2.29. The number of amides is 1. The molecular formula is C24H31N7O3S. The van der Waals surface area contributed by atoms with Gasteiger partial charge < -0.3 is 20.7 Å². The number of hydrogen-bond donors (Lipinski definition) is 2. The zero-order valence-corrected chi connectivity index (χ0v) is 20.9. The van der Waals surface area contributed by atoms with Gasteiger partial charge in [0.05, 0.1) is 22.0 Å². The fourth-order valence-corrected chi connectivity index (χ4v) is 5.83. The van der Waals surface area contributed by atoms with Crippen LogP contribution in [-0.4, -0.2) is 61.2 Å². The average Bonchev–Trinajstić information content (AvgIpc) is 3.18. The summed E-state index contributed by atoms with van der Waals surface area (Å²) in [5, 5.41) is 3.30. The molecule has 0 radical (unpaired) electrons. The van der Waals surface area contributed by atoms with E-state index in [1.165, 1.54) is 24.8 Å². The van der Waals surface area contributed by atoms with Gasteiger partial charge in [-0.25, -0.2) is 19.7 Å².